The van der Waals surface area contributed by atoms with Gasteiger partial charge in [0, 0.05) is 36.3 Å². The molecule has 5 aromatic carbocycles. The summed E-state index contributed by atoms with van der Waals surface area (Å²) in [6.07, 6.45) is 0. The average molecular weight is 476 g/mol. The largest absolute Gasteiger partial charge is 0.291 e. The Kier molecular flexibility index (Phi) is 3.42. The molecule has 0 radical (unpaired) electrons. The molecule has 9 rings (SSSR count). The summed E-state index contributed by atoms with van der Waals surface area (Å²) in [5.41, 5.74) is 8.54. The number of nitrogens with zero attached hydrogens (tertiary/aromatic N) is 3. The molecule has 0 aliphatic heterocycles. The lowest BCUT2D eigenvalue weighted by atomic mass is 9.99. The van der Waals surface area contributed by atoms with Gasteiger partial charge in [-0.25, -0.2) is 9.97 Å². The van der Waals surface area contributed by atoms with Crippen molar-refractivity contribution in [1.82, 2.24) is 14.4 Å². The normalized spacial score (nSPS) is 12.4. The number of thiophene rings is 1. The van der Waals surface area contributed by atoms with Crippen LogP contribution in [0.15, 0.2) is 103 Å². The Morgan fingerprint density at radius 1 is 0.528 bits per heavy atom. The first-order chi connectivity index (χ1) is 17.8. The predicted molar refractivity (Wildman–Crippen MR) is 153 cm³/mol. The van der Waals surface area contributed by atoms with Crippen LogP contribution in [0.3, 0.4) is 0 Å². The van der Waals surface area contributed by atoms with Gasteiger partial charge in [0.1, 0.15) is 5.52 Å². The smallest absolute Gasteiger partial charge is 0.165 e. The first-order valence-electron chi connectivity index (χ1n) is 12.1. The molecule has 36 heavy (non-hydrogen) atoms. The highest BCUT2D eigenvalue weighted by molar-refractivity contribution is 7.25. The Labute approximate surface area is 209 Å². The monoisotopic (exact) mass is 475 g/mol. The molecule has 0 saturated carbocycles. The van der Waals surface area contributed by atoms with E-state index >= 15 is 0 Å². The lowest BCUT2D eigenvalue weighted by Crippen LogP contribution is -1.88. The Hall–Kier alpha value is -4.54. The highest BCUT2D eigenvalue weighted by Crippen LogP contribution is 2.42. The van der Waals surface area contributed by atoms with Crippen LogP contribution in [0.25, 0.3) is 80.7 Å². The van der Waals surface area contributed by atoms with E-state index in [1.54, 1.807) is 0 Å². The maximum absolute atomic E-state index is 5.11. The number of hydrogen-bond acceptors (Lipinski definition) is 3. The van der Waals surface area contributed by atoms with Gasteiger partial charge in [0.05, 0.1) is 22.1 Å². The minimum absolute atomic E-state index is 0.921. The van der Waals surface area contributed by atoms with Crippen molar-refractivity contribution in [1.29, 1.82) is 0 Å². The van der Waals surface area contributed by atoms with E-state index in [1.165, 1.54) is 53.1 Å². The predicted octanol–water partition coefficient (Wildman–Crippen LogP) is 8.81. The third kappa shape index (κ3) is 2.32. The van der Waals surface area contributed by atoms with Crippen LogP contribution in [-0.4, -0.2) is 14.4 Å². The molecule has 0 N–H and O–H groups in total. The van der Waals surface area contributed by atoms with Gasteiger partial charge in [-0.2, -0.15) is 0 Å². The number of fused-ring (bicyclic) bond motifs is 10. The van der Waals surface area contributed by atoms with E-state index in [4.69, 9.17) is 9.97 Å². The molecule has 166 valence electrons. The van der Waals surface area contributed by atoms with Crippen LogP contribution in [0.4, 0.5) is 0 Å². The summed E-state index contributed by atoms with van der Waals surface area (Å²) in [7, 11) is 0. The van der Waals surface area contributed by atoms with E-state index in [-0.39, 0.29) is 0 Å². The first-order valence-corrected chi connectivity index (χ1v) is 12.9. The van der Waals surface area contributed by atoms with E-state index in [1.807, 2.05) is 35.6 Å². The van der Waals surface area contributed by atoms with E-state index in [0.29, 0.717) is 0 Å². The highest BCUT2D eigenvalue weighted by Gasteiger charge is 2.21. The second-order valence-corrected chi connectivity index (χ2v) is 10.6. The van der Waals surface area contributed by atoms with Crippen molar-refractivity contribution in [3.8, 4) is 11.1 Å². The van der Waals surface area contributed by atoms with Crippen LogP contribution in [0, 0.1) is 0 Å². The lowest BCUT2D eigenvalue weighted by molar-refractivity contribution is 1.28. The molecule has 0 atom stereocenters. The van der Waals surface area contributed by atoms with Gasteiger partial charge < -0.3 is 0 Å². The van der Waals surface area contributed by atoms with Gasteiger partial charge in [-0.05, 0) is 59.7 Å². The highest BCUT2D eigenvalue weighted by atomic mass is 32.1. The van der Waals surface area contributed by atoms with Crippen molar-refractivity contribution >= 4 is 80.9 Å². The molecule has 0 saturated heterocycles. The second kappa shape index (κ2) is 6.56. The summed E-state index contributed by atoms with van der Waals surface area (Å²) in [4.78, 5) is 10.2. The Bertz CT molecular complexity index is 2320. The lowest BCUT2D eigenvalue weighted by Gasteiger charge is -2.05. The van der Waals surface area contributed by atoms with Crippen LogP contribution in [-0.2, 0) is 0 Å². The van der Waals surface area contributed by atoms with Gasteiger partial charge in [-0.1, -0.05) is 54.6 Å². The Morgan fingerprint density at radius 3 is 2.14 bits per heavy atom. The molecule has 4 aromatic heterocycles. The van der Waals surface area contributed by atoms with E-state index in [0.717, 1.165) is 27.6 Å². The number of aromatic nitrogens is 3. The molecular weight excluding hydrogens is 458 g/mol. The maximum Gasteiger partial charge on any atom is 0.165 e. The van der Waals surface area contributed by atoms with Crippen molar-refractivity contribution in [2.75, 3.05) is 0 Å². The zero-order valence-corrected chi connectivity index (χ0v) is 19.9. The molecule has 4 heteroatoms. The maximum atomic E-state index is 5.11. The topological polar surface area (TPSA) is 30.2 Å². The number of hydrogen-bond donors (Lipinski definition) is 0. The summed E-state index contributed by atoms with van der Waals surface area (Å²) >= 11 is 1.86. The van der Waals surface area contributed by atoms with Gasteiger partial charge in [0.25, 0.3) is 0 Å². The number of para-hydroxylation sites is 3. The van der Waals surface area contributed by atoms with Gasteiger partial charge in [-0.3, -0.25) is 4.40 Å². The quantitative estimate of drug-likeness (QED) is 0.237. The van der Waals surface area contributed by atoms with Gasteiger partial charge >= 0.3 is 0 Å². The van der Waals surface area contributed by atoms with Crippen molar-refractivity contribution in [2.45, 2.75) is 0 Å². The second-order valence-electron chi connectivity index (χ2n) is 9.47. The average Bonchev–Trinajstić information content (AvgIpc) is 3.57. The first kappa shape index (κ1) is 18.7. The fourth-order valence-electron chi connectivity index (χ4n) is 5.90. The van der Waals surface area contributed by atoms with Gasteiger partial charge in [-0.15, -0.1) is 11.3 Å². The Morgan fingerprint density at radius 2 is 1.22 bits per heavy atom. The minimum Gasteiger partial charge on any atom is -0.291 e. The van der Waals surface area contributed by atoms with Crippen molar-refractivity contribution in [2.24, 2.45) is 0 Å². The van der Waals surface area contributed by atoms with Crippen molar-refractivity contribution in [3.05, 3.63) is 103 Å². The van der Waals surface area contributed by atoms with Crippen molar-refractivity contribution < 1.29 is 0 Å². The third-order valence-corrected chi connectivity index (χ3v) is 8.65. The van der Waals surface area contributed by atoms with Gasteiger partial charge in [0.2, 0.25) is 0 Å². The molecule has 0 bridgehead atoms. The molecule has 0 amide bonds. The molecule has 9 aromatic rings. The third-order valence-electron chi connectivity index (χ3n) is 7.50. The van der Waals surface area contributed by atoms with Gasteiger partial charge in [0.15, 0.2) is 5.65 Å². The molecule has 0 spiro atoms. The van der Waals surface area contributed by atoms with Crippen LogP contribution < -0.4 is 0 Å². The molecule has 0 aliphatic carbocycles. The summed E-state index contributed by atoms with van der Waals surface area (Å²) in [6.45, 7) is 0. The fourth-order valence-corrected chi connectivity index (χ4v) is 6.98. The molecule has 0 unspecified atom stereocenters. The standard InChI is InChI=1S/C32H17N3S/c1-5-11-27-20(7-1)23-16-19(18-13-14-29-22(15-18)21-8-2-6-12-28(21)36-29)17-24-30-32(35(27)31(23)24)34-26-10-4-3-9-25(26)33-30/h1-17H. The van der Waals surface area contributed by atoms with Crippen LogP contribution >= 0.6 is 11.3 Å². The van der Waals surface area contributed by atoms with E-state index < -0.39 is 0 Å². The molecule has 3 nitrogen and oxygen atoms in total. The molecule has 4 heterocycles. The zero-order valence-electron chi connectivity index (χ0n) is 19.1. The summed E-state index contributed by atoms with van der Waals surface area (Å²) in [6, 6.07) is 37.0. The molecule has 0 fully saturated rings. The van der Waals surface area contributed by atoms with Crippen LogP contribution in [0.5, 0.6) is 0 Å². The van der Waals surface area contributed by atoms with Crippen LogP contribution in [0.2, 0.25) is 0 Å². The van der Waals surface area contributed by atoms with E-state index in [2.05, 4.69) is 83.3 Å². The van der Waals surface area contributed by atoms with Crippen molar-refractivity contribution in [3.63, 3.8) is 0 Å². The zero-order chi connectivity index (χ0) is 23.4. The SMILES string of the molecule is c1ccc2nc3c(nc2c1)c1cc(-c2ccc4sc5ccccc5c4c2)cc2c4ccccc4n3c21. The van der Waals surface area contributed by atoms with E-state index in [9.17, 15) is 0 Å². The molecule has 0 aliphatic rings. The fraction of sp³-hybridized carbons (Fsp3) is 0. The number of rotatable bonds is 1. The minimum atomic E-state index is 0.921. The summed E-state index contributed by atoms with van der Waals surface area (Å²) < 4.78 is 4.96. The Balaban J connectivity index is 1.44. The number of benzene rings is 5. The summed E-state index contributed by atoms with van der Waals surface area (Å²) in [5.74, 6) is 0. The van der Waals surface area contributed by atoms with Crippen LogP contribution in [0.1, 0.15) is 0 Å². The molecular formula is C32H17N3S. The summed E-state index contributed by atoms with van der Waals surface area (Å²) in [5, 5.41) is 6.29.